The lowest BCUT2D eigenvalue weighted by Crippen LogP contribution is -2.37. The van der Waals surface area contributed by atoms with Crippen LogP contribution in [0.2, 0.25) is 5.02 Å². The van der Waals surface area contributed by atoms with Gasteiger partial charge in [0.25, 0.3) is 5.91 Å². The van der Waals surface area contributed by atoms with Crippen LogP contribution in [0, 0.1) is 12.7 Å². The van der Waals surface area contributed by atoms with Crippen molar-refractivity contribution >= 4 is 50.7 Å². The van der Waals surface area contributed by atoms with Gasteiger partial charge in [-0.05, 0) is 54.4 Å². The average Bonchev–Trinajstić information content (AvgIpc) is 2.94. The van der Waals surface area contributed by atoms with E-state index in [0.29, 0.717) is 59.2 Å². The molecule has 1 saturated heterocycles. The number of aryl methyl sites for hydroxylation is 1. The number of nitrogens with one attached hydrogen (secondary N) is 1. The number of amides is 1. The van der Waals surface area contributed by atoms with Crippen LogP contribution in [-0.2, 0) is 4.74 Å². The Morgan fingerprint density at radius 3 is 2.68 bits per heavy atom. The van der Waals surface area contributed by atoms with E-state index < -0.39 is 0 Å². The number of carbonyl (C=O) groups is 1. The first-order valence-corrected chi connectivity index (χ1v) is 12.7. The summed E-state index contributed by atoms with van der Waals surface area (Å²) in [6.45, 7) is 4.27. The fraction of sp³-hybridized carbons (Fsp3) is 0.167. The minimum atomic E-state index is -0.386. The molecule has 38 heavy (non-hydrogen) atoms. The summed E-state index contributed by atoms with van der Waals surface area (Å²) in [5, 5.41) is 5.09. The van der Waals surface area contributed by atoms with E-state index >= 15 is 4.39 Å². The summed E-state index contributed by atoms with van der Waals surface area (Å²) < 4.78 is 21.0. The Morgan fingerprint density at radius 2 is 1.84 bits per heavy atom. The summed E-state index contributed by atoms with van der Waals surface area (Å²) in [4.78, 5) is 24.7. The zero-order chi connectivity index (χ0) is 26.2. The first-order chi connectivity index (χ1) is 18.5. The van der Waals surface area contributed by atoms with E-state index in [2.05, 4.69) is 20.2 Å². The second kappa shape index (κ2) is 10.0. The van der Waals surface area contributed by atoms with Crippen LogP contribution in [0.25, 0.3) is 32.9 Å². The smallest absolute Gasteiger partial charge is 0.256 e. The Balaban J connectivity index is 1.52. The van der Waals surface area contributed by atoms with E-state index in [1.807, 2.05) is 37.3 Å². The molecular formula is C30H24ClFN4O2. The number of anilines is 2. The van der Waals surface area contributed by atoms with Crippen molar-refractivity contribution < 1.29 is 13.9 Å². The highest BCUT2D eigenvalue weighted by atomic mass is 35.5. The van der Waals surface area contributed by atoms with Gasteiger partial charge in [0.15, 0.2) is 0 Å². The molecule has 0 aliphatic carbocycles. The first-order valence-electron chi connectivity index (χ1n) is 12.4. The van der Waals surface area contributed by atoms with Gasteiger partial charge in [0.05, 0.1) is 47.4 Å². The van der Waals surface area contributed by atoms with Crippen molar-refractivity contribution in [2.45, 2.75) is 6.92 Å². The van der Waals surface area contributed by atoms with Gasteiger partial charge in [-0.1, -0.05) is 35.9 Å². The number of morpholine rings is 1. The Bertz CT molecular complexity index is 1700. The molecule has 3 aromatic carbocycles. The number of carbonyl (C=O) groups excluding carboxylic acids is 1. The lowest BCUT2D eigenvalue weighted by molar-refractivity contribution is 0.102. The van der Waals surface area contributed by atoms with Crippen molar-refractivity contribution in [3.63, 3.8) is 0 Å². The van der Waals surface area contributed by atoms with Gasteiger partial charge >= 0.3 is 0 Å². The highest BCUT2D eigenvalue weighted by molar-refractivity contribution is 6.31. The number of nitrogens with zero attached hydrogens (tertiary/aromatic N) is 3. The Hall–Kier alpha value is -4.07. The molecule has 1 fully saturated rings. The Morgan fingerprint density at radius 1 is 1.03 bits per heavy atom. The van der Waals surface area contributed by atoms with Gasteiger partial charge < -0.3 is 15.0 Å². The number of pyridine rings is 2. The molecule has 2 aromatic heterocycles. The summed E-state index contributed by atoms with van der Waals surface area (Å²) in [5.41, 5.74) is 5.04. The molecule has 8 heteroatoms. The standard InChI is InChI=1S/C30H24ClFN4O2/c1-18-6-7-19(31)16-23(18)27-24(32)9-8-22-28(27)34-17-26(29(22)36-12-14-38-15-13-36)35-30(37)21-10-11-33-25-5-3-2-4-20(21)25/h2-11,16-17H,12-15H2,1H3,(H,35,37). The summed E-state index contributed by atoms with van der Waals surface area (Å²) in [6, 6.07) is 17.8. The second-order valence-corrected chi connectivity index (χ2v) is 9.66. The number of rotatable bonds is 4. The molecule has 1 amide bonds. The Kier molecular flexibility index (Phi) is 6.39. The number of benzene rings is 3. The predicted octanol–water partition coefficient (Wildman–Crippen LogP) is 6.64. The first kappa shape index (κ1) is 24.3. The van der Waals surface area contributed by atoms with Gasteiger partial charge in [0, 0.05) is 40.6 Å². The highest BCUT2D eigenvalue weighted by Crippen LogP contribution is 2.40. The molecular weight excluding hydrogens is 503 g/mol. The zero-order valence-electron chi connectivity index (χ0n) is 20.7. The number of aromatic nitrogens is 2. The number of hydrogen-bond acceptors (Lipinski definition) is 5. The van der Waals surface area contributed by atoms with Gasteiger partial charge in [-0.25, -0.2) is 4.39 Å². The molecule has 0 unspecified atom stereocenters. The predicted molar refractivity (Wildman–Crippen MR) is 150 cm³/mol. The molecule has 0 atom stereocenters. The fourth-order valence-corrected chi connectivity index (χ4v) is 5.22. The number of ether oxygens (including phenoxy) is 1. The van der Waals surface area contributed by atoms with Crippen LogP contribution < -0.4 is 10.2 Å². The molecule has 5 aromatic rings. The maximum Gasteiger partial charge on any atom is 0.256 e. The highest BCUT2D eigenvalue weighted by Gasteiger charge is 2.24. The van der Waals surface area contributed by atoms with Crippen LogP contribution >= 0.6 is 11.6 Å². The minimum absolute atomic E-state index is 0.271. The van der Waals surface area contributed by atoms with Crippen LogP contribution in [0.5, 0.6) is 0 Å². The van der Waals surface area contributed by atoms with Gasteiger partial charge in [0.1, 0.15) is 5.82 Å². The number of halogens is 2. The molecule has 6 nitrogen and oxygen atoms in total. The van der Waals surface area contributed by atoms with E-state index in [4.69, 9.17) is 16.3 Å². The summed E-state index contributed by atoms with van der Waals surface area (Å²) in [7, 11) is 0. The fourth-order valence-electron chi connectivity index (χ4n) is 5.05. The molecule has 0 saturated carbocycles. The molecule has 0 bridgehead atoms. The van der Waals surface area contributed by atoms with Gasteiger partial charge in [-0.15, -0.1) is 0 Å². The van der Waals surface area contributed by atoms with Gasteiger partial charge in [-0.2, -0.15) is 0 Å². The lowest BCUT2D eigenvalue weighted by Gasteiger charge is -2.31. The minimum Gasteiger partial charge on any atom is -0.378 e. The maximum atomic E-state index is 15.4. The number of fused-ring (bicyclic) bond motifs is 2. The van der Waals surface area contributed by atoms with Gasteiger partial charge in [0.2, 0.25) is 0 Å². The molecule has 6 rings (SSSR count). The third-order valence-corrected chi connectivity index (χ3v) is 7.13. The zero-order valence-corrected chi connectivity index (χ0v) is 21.4. The maximum absolute atomic E-state index is 15.4. The largest absolute Gasteiger partial charge is 0.378 e. The van der Waals surface area contributed by atoms with Crippen molar-refractivity contribution in [3.05, 3.63) is 95.0 Å². The van der Waals surface area contributed by atoms with E-state index in [-0.39, 0.29) is 11.7 Å². The molecule has 1 aliphatic rings. The van der Waals surface area contributed by atoms with Crippen molar-refractivity contribution in [2.24, 2.45) is 0 Å². The van der Waals surface area contributed by atoms with E-state index in [0.717, 1.165) is 27.5 Å². The van der Waals surface area contributed by atoms with Crippen molar-refractivity contribution in [2.75, 3.05) is 36.5 Å². The van der Waals surface area contributed by atoms with Crippen LogP contribution in [0.15, 0.2) is 73.1 Å². The summed E-state index contributed by atoms with van der Waals surface area (Å²) in [6.07, 6.45) is 3.23. The van der Waals surface area contributed by atoms with E-state index in [9.17, 15) is 4.79 Å². The normalized spacial score (nSPS) is 13.7. The summed E-state index contributed by atoms with van der Waals surface area (Å²) >= 11 is 6.29. The second-order valence-electron chi connectivity index (χ2n) is 9.23. The Labute approximate surface area is 224 Å². The molecule has 0 spiro atoms. The van der Waals surface area contributed by atoms with E-state index in [1.54, 1.807) is 36.7 Å². The molecule has 1 N–H and O–H groups in total. The quantitative estimate of drug-likeness (QED) is 0.284. The van der Waals surface area contributed by atoms with Crippen molar-refractivity contribution in [1.82, 2.24) is 9.97 Å². The van der Waals surface area contributed by atoms with Gasteiger partial charge in [-0.3, -0.25) is 14.8 Å². The number of hydrogen-bond donors (Lipinski definition) is 1. The average molecular weight is 527 g/mol. The van der Waals surface area contributed by atoms with Crippen LogP contribution in [0.1, 0.15) is 15.9 Å². The SMILES string of the molecule is Cc1ccc(Cl)cc1-c1c(F)ccc2c(N3CCOCC3)c(NC(=O)c3ccnc4ccccc34)cnc12. The van der Waals surface area contributed by atoms with E-state index in [1.165, 1.54) is 6.07 Å². The monoisotopic (exact) mass is 526 g/mol. The molecule has 3 heterocycles. The number of para-hydroxylation sites is 1. The third-order valence-electron chi connectivity index (χ3n) is 6.90. The van der Waals surface area contributed by atoms with Crippen LogP contribution in [-0.4, -0.2) is 42.2 Å². The van der Waals surface area contributed by atoms with Crippen LogP contribution in [0.3, 0.4) is 0 Å². The lowest BCUT2D eigenvalue weighted by atomic mass is 9.96. The molecule has 0 radical (unpaired) electrons. The van der Waals surface area contributed by atoms with Crippen molar-refractivity contribution in [1.29, 1.82) is 0 Å². The topological polar surface area (TPSA) is 67.3 Å². The third kappa shape index (κ3) is 4.34. The molecule has 190 valence electrons. The molecule has 1 aliphatic heterocycles. The van der Waals surface area contributed by atoms with Crippen LogP contribution in [0.4, 0.5) is 15.8 Å². The summed E-state index contributed by atoms with van der Waals surface area (Å²) in [5.74, 6) is -0.657. The van der Waals surface area contributed by atoms with Crippen molar-refractivity contribution in [3.8, 4) is 11.1 Å².